The molecular formula is C12H23NO6. The van der Waals surface area contributed by atoms with Gasteiger partial charge in [0, 0.05) is 6.92 Å². The summed E-state index contributed by atoms with van der Waals surface area (Å²) in [7, 11) is 0. The van der Waals surface area contributed by atoms with Crippen LogP contribution in [0.5, 0.6) is 0 Å². The zero-order chi connectivity index (χ0) is 14.8. The van der Waals surface area contributed by atoms with Crippen LogP contribution in [0.3, 0.4) is 0 Å². The van der Waals surface area contributed by atoms with E-state index in [1.807, 2.05) is 0 Å². The van der Waals surface area contributed by atoms with Gasteiger partial charge < -0.3 is 30.1 Å². The summed E-state index contributed by atoms with van der Waals surface area (Å²) in [5, 5.41) is 31.4. The molecule has 0 saturated carbocycles. The number of carbonyl (C=O) groups excluding carboxylic acids is 1. The molecule has 1 amide bonds. The maximum Gasteiger partial charge on any atom is 0.217 e. The van der Waals surface area contributed by atoms with Crippen LogP contribution in [-0.4, -0.2) is 64.1 Å². The number of carbonyl (C=O) groups is 1. The van der Waals surface area contributed by atoms with Gasteiger partial charge in [0.15, 0.2) is 6.29 Å². The fraction of sp³-hybridized carbons (Fsp3) is 0.917. The van der Waals surface area contributed by atoms with Gasteiger partial charge in [-0.05, 0) is 20.8 Å². The Labute approximate surface area is 112 Å². The van der Waals surface area contributed by atoms with Gasteiger partial charge >= 0.3 is 0 Å². The number of aliphatic hydroxyl groups excluding tert-OH is 3. The number of ether oxygens (including phenoxy) is 2. The van der Waals surface area contributed by atoms with Crippen molar-refractivity contribution in [2.24, 2.45) is 0 Å². The number of rotatable bonds is 3. The lowest BCUT2D eigenvalue weighted by Crippen LogP contribution is -2.65. The SMILES string of the molecule is CC(=O)N[C@H]1C(O)[C@@H](O)C(CO)O[C@H]1OC(C)(C)C. The second kappa shape index (κ2) is 6.15. The molecular weight excluding hydrogens is 254 g/mol. The third-order valence-corrected chi connectivity index (χ3v) is 2.72. The van der Waals surface area contributed by atoms with Crippen molar-refractivity contribution in [2.75, 3.05) is 6.61 Å². The quantitative estimate of drug-likeness (QED) is 0.513. The van der Waals surface area contributed by atoms with Gasteiger partial charge in [-0.3, -0.25) is 4.79 Å². The molecule has 7 heteroatoms. The van der Waals surface area contributed by atoms with Crippen LogP contribution in [0.2, 0.25) is 0 Å². The second-order valence-corrected chi connectivity index (χ2v) is 5.66. The van der Waals surface area contributed by atoms with E-state index in [2.05, 4.69) is 5.32 Å². The van der Waals surface area contributed by atoms with Gasteiger partial charge in [-0.15, -0.1) is 0 Å². The van der Waals surface area contributed by atoms with E-state index in [-0.39, 0.29) is 5.91 Å². The molecule has 2 unspecified atom stereocenters. The Bertz CT molecular complexity index is 316. The van der Waals surface area contributed by atoms with Gasteiger partial charge in [-0.2, -0.15) is 0 Å². The number of aliphatic hydroxyl groups is 3. The monoisotopic (exact) mass is 277 g/mol. The van der Waals surface area contributed by atoms with Gasteiger partial charge in [-0.25, -0.2) is 0 Å². The van der Waals surface area contributed by atoms with Gasteiger partial charge in [0.1, 0.15) is 24.4 Å². The molecule has 5 atom stereocenters. The van der Waals surface area contributed by atoms with Crippen LogP contribution in [-0.2, 0) is 14.3 Å². The number of amides is 1. The van der Waals surface area contributed by atoms with E-state index < -0.39 is 42.9 Å². The molecule has 0 bridgehead atoms. The van der Waals surface area contributed by atoms with Crippen LogP contribution in [0.15, 0.2) is 0 Å². The maximum absolute atomic E-state index is 11.2. The molecule has 0 spiro atoms. The van der Waals surface area contributed by atoms with Crippen LogP contribution < -0.4 is 5.32 Å². The van der Waals surface area contributed by atoms with Crippen molar-refractivity contribution in [1.29, 1.82) is 0 Å². The van der Waals surface area contributed by atoms with Crippen LogP contribution in [0.4, 0.5) is 0 Å². The van der Waals surface area contributed by atoms with E-state index in [4.69, 9.17) is 14.6 Å². The molecule has 1 aliphatic heterocycles. The second-order valence-electron chi connectivity index (χ2n) is 5.66. The smallest absolute Gasteiger partial charge is 0.217 e. The predicted octanol–water partition coefficient (Wildman–Crippen LogP) is -1.25. The maximum atomic E-state index is 11.2. The van der Waals surface area contributed by atoms with Crippen molar-refractivity contribution >= 4 is 5.91 Å². The van der Waals surface area contributed by atoms with Gasteiger partial charge in [-0.1, -0.05) is 0 Å². The summed E-state index contributed by atoms with van der Waals surface area (Å²) in [5.41, 5.74) is -0.566. The highest BCUT2D eigenvalue weighted by Crippen LogP contribution is 2.25. The van der Waals surface area contributed by atoms with Gasteiger partial charge in [0.2, 0.25) is 5.91 Å². The van der Waals surface area contributed by atoms with Crippen molar-refractivity contribution in [1.82, 2.24) is 5.32 Å². The fourth-order valence-corrected chi connectivity index (χ4v) is 1.92. The van der Waals surface area contributed by atoms with Crippen molar-refractivity contribution in [3.8, 4) is 0 Å². The van der Waals surface area contributed by atoms with Crippen molar-refractivity contribution < 1.29 is 29.6 Å². The van der Waals surface area contributed by atoms with Crippen molar-refractivity contribution in [2.45, 2.75) is 63.9 Å². The summed E-state index contributed by atoms with van der Waals surface area (Å²) in [4.78, 5) is 11.2. The summed E-state index contributed by atoms with van der Waals surface area (Å²) in [5.74, 6) is -0.371. The number of hydrogen-bond donors (Lipinski definition) is 4. The molecule has 1 saturated heterocycles. The molecule has 0 radical (unpaired) electrons. The number of hydrogen-bond acceptors (Lipinski definition) is 6. The normalized spacial score (nSPS) is 36.1. The fourth-order valence-electron chi connectivity index (χ4n) is 1.92. The highest BCUT2D eigenvalue weighted by Gasteiger charge is 2.46. The first kappa shape index (κ1) is 16.3. The van der Waals surface area contributed by atoms with Crippen molar-refractivity contribution in [3.63, 3.8) is 0 Å². The molecule has 4 N–H and O–H groups in total. The Morgan fingerprint density at radius 3 is 2.32 bits per heavy atom. The predicted molar refractivity (Wildman–Crippen MR) is 66.2 cm³/mol. The first-order chi connectivity index (χ1) is 8.65. The summed E-state index contributed by atoms with van der Waals surface area (Å²) in [6.07, 6.45) is -4.46. The average Bonchev–Trinajstić information content (AvgIpc) is 2.26. The Kier molecular flexibility index (Phi) is 5.28. The molecule has 1 rings (SSSR count). The van der Waals surface area contributed by atoms with E-state index in [0.717, 1.165) is 0 Å². The number of nitrogens with one attached hydrogen (secondary N) is 1. The highest BCUT2D eigenvalue weighted by molar-refractivity contribution is 5.73. The molecule has 7 nitrogen and oxygen atoms in total. The molecule has 1 heterocycles. The van der Waals surface area contributed by atoms with Crippen LogP contribution >= 0.6 is 0 Å². The van der Waals surface area contributed by atoms with E-state index in [1.165, 1.54) is 6.92 Å². The van der Waals surface area contributed by atoms with Crippen LogP contribution in [0, 0.1) is 0 Å². The first-order valence-electron chi connectivity index (χ1n) is 6.23. The molecule has 112 valence electrons. The van der Waals surface area contributed by atoms with Gasteiger partial charge in [0.25, 0.3) is 0 Å². The van der Waals surface area contributed by atoms with E-state index in [0.29, 0.717) is 0 Å². The molecule has 0 aliphatic carbocycles. The Morgan fingerprint density at radius 1 is 1.32 bits per heavy atom. The molecule has 19 heavy (non-hydrogen) atoms. The topological polar surface area (TPSA) is 108 Å². The summed E-state index contributed by atoms with van der Waals surface area (Å²) in [6.45, 7) is 6.24. The Hall–Kier alpha value is -0.730. The zero-order valence-corrected chi connectivity index (χ0v) is 11.7. The minimum absolute atomic E-state index is 0.371. The van der Waals surface area contributed by atoms with Crippen molar-refractivity contribution in [3.05, 3.63) is 0 Å². The molecule has 0 aromatic carbocycles. The minimum atomic E-state index is -1.29. The van der Waals surface area contributed by atoms with E-state index in [1.54, 1.807) is 20.8 Å². The molecule has 0 aromatic rings. The largest absolute Gasteiger partial charge is 0.394 e. The molecule has 0 aromatic heterocycles. The van der Waals surface area contributed by atoms with E-state index >= 15 is 0 Å². The lowest BCUT2D eigenvalue weighted by Gasteiger charge is -2.44. The Balaban J connectivity index is 2.89. The summed E-state index contributed by atoms with van der Waals surface area (Å²) in [6, 6.07) is -0.894. The van der Waals surface area contributed by atoms with Gasteiger partial charge in [0.05, 0.1) is 12.2 Å². The molecule has 1 aliphatic rings. The zero-order valence-electron chi connectivity index (χ0n) is 11.7. The lowest BCUT2D eigenvalue weighted by molar-refractivity contribution is -0.292. The van der Waals surface area contributed by atoms with E-state index in [9.17, 15) is 15.0 Å². The highest BCUT2D eigenvalue weighted by atomic mass is 16.7. The summed E-state index contributed by atoms with van der Waals surface area (Å²) < 4.78 is 11.0. The Morgan fingerprint density at radius 2 is 1.89 bits per heavy atom. The third-order valence-electron chi connectivity index (χ3n) is 2.72. The third kappa shape index (κ3) is 4.39. The average molecular weight is 277 g/mol. The standard InChI is InChI=1S/C12H23NO6/c1-6(15)13-8-10(17)9(16)7(5-14)18-11(8)19-12(2,3)4/h7-11,14,16-17H,5H2,1-4H3,(H,13,15)/t7?,8-,9-,10?,11-/m0/s1. The van der Waals surface area contributed by atoms with Crippen LogP contribution in [0.25, 0.3) is 0 Å². The lowest BCUT2D eigenvalue weighted by atomic mass is 9.96. The first-order valence-corrected chi connectivity index (χ1v) is 6.23. The molecule has 1 fully saturated rings. The summed E-state index contributed by atoms with van der Waals surface area (Å²) >= 11 is 0. The minimum Gasteiger partial charge on any atom is -0.394 e. The van der Waals surface area contributed by atoms with Crippen LogP contribution in [0.1, 0.15) is 27.7 Å².